The summed E-state index contributed by atoms with van der Waals surface area (Å²) in [5, 5.41) is 8.26. The van der Waals surface area contributed by atoms with E-state index < -0.39 is 0 Å². The van der Waals surface area contributed by atoms with E-state index in [-0.39, 0.29) is 5.41 Å². The molecule has 0 spiro atoms. The van der Waals surface area contributed by atoms with E-state index in [1.165, 1.54) is 88.0 Å². The first-order valence-electron chi connectivity index (χ1n) is 24.5. The van der Waals surface area contributed by atoms with Crippen molar-refractivity contribution in [2.45, 2.75) is 39.0 Å². The summed E-state index contributed by atoms with van der Waals surface area (Å²) < 4.78 is 4.73. The van der Waals surface area contributed by atoms with E-state index >= 15 is 0 Å². The second-order valence-corrected chi connectivity index (χ2v) is 19.7. The summed E-state index contributed by atoms with van der Waals surface area (Å²) in [6.45, 7) is 6.99. The molecule has 0 radical (unpaired) electrons. The van der Waals surface area contributed by atoms with Crippen LogP contribution in [-0.4, -0.2) is 19.1 Å². The van der Waals surface area contributed by atoms with Crippen LogP contribution in [0.2, 0.25) is 0 Å². The Labute approximate surface area is 406 Å². The molecule has 70 heavy (non-hydrogen) atoms. The zero-order valence-electron chi connectivity index (χ0n) is 39.4. The van der Waals surface area contributed by atoms with Crippen molar-refractivity contribution in [3.8, 4) is 45.1 Å². The van der Waals surface area contributed by atoms with Gasteiger partial charge in [-0.25, -0.2) is 9.97 Å². The van der Waals surface area contributed by atoms with E-state index in [9.17, 15) is 0 Å². The summed E-state index contributed by atoms with van der Waals surface area (Å²) in [5.41, 5.74) is 20.7. The molecule has 4 heteroatoms. The lowest BCUT2D eigenvalue weighted by Crippen LogP contribution is -2.14. The Balaban J connectivity index is 0.920. The Morgan fingerprint density at radius 1 is 0.443 bits per heavy atom. The highest BCUT2D eigenvalue weighted by Crippen LogP contribution is 2.49. The number of hydrogen-bond donors (Lipinski definition) is 0. The largest absolute Gasteiger partial charge is 0.309 e. The maximum absolute atomic E-state index is 5.49. The van der Waals surface area contributed by atoms with Crippen molar-refractivity contribution in [3.63, 3.8) is 0 Å². The van der Waals surface area contributed by atoms with Crippen LogP contribution in [0.3, 0.4) is 0 Å². The monoisotopic (exact) mass is 896 g/mol. The first-order chi connectivity index (χ1) is 34.4. The van der Waals surface area contributed by atoms with Gasteiger partial charge in [0.1, 0.15) is 0 Å². The van der Waals surface area contributed by atoms with Crippen molar-refractivity contribution < 1.29 is 0 Å². The van der Waals surface area contributed by atoms with Gasteiger partial charge >= 0.3 is 0 Å². The lowest BCUT2D eigenvalue weighted by atomic mass is 9.82. The highest BCUT2D eigenvalue weighted by molar-refractivity contribution is 6.17. The second-order valence-electron chi connectivity index (χ2n) is 19.7. The smallest absolute Gasteiger partial charge is 0.235 e. The van der Waals surface area contributed by atoms with Crippen molar-refractivity contribution in [1.82, 2.24) is 19.1 Å². The number of para-hydroxylation sites is 3. The van der Waals surface area contributed by atoms with Gasteiger partial charge in [-0.3, -0.25) is 4.57 Å². The van der Waals surface area contributed by atoms with E-state index in [0.29, 0.717) is 5.95 Å². The number of rotatable bonds is 7. The van der Waals surface area contributed by atoms with E-state index in [1.807, 2.05) is 0 Å². The molecule has 0 fully saturated rings. The Morgan fingerprint density at radius 2 is 1.13 bits per heavy atom. The molecule has 4 nitrogen and oxygen atoms in total. The van der Waals surface area contributed by atoms with Crippen LogP contribution in [-0.2, 0) is 18.3 Å². The van der Waals surface area contributed by atoms with E-state index in [1.54, 1.807) is 0 Å². The third kappa shape index (κ3) is 6.09. The van der Waals surface area contributed by atoms with Crippen LogP contribution < -0.4 is 0 Å². The number of fused-ring (bicyclic) bond motifs is 11. The summed E-state index contributed by atoms with van der Waals surface area (Å²) >= 11 is 0. The van der Waals surface area contributed by atoms with Crippen LogP contribution in [0, 0.1) is 6.92 Å². The SMILES string of the molecule is Cc1ccc2c(c1-c1ccccc1CCc1ccc3c(c1)-c1ccccc1C3(C)C)c1ccccc1n2-c1ccc2c3ccccc3n(-c3nc(-c4ccc5ccccc5c4)c4ccccc4n3)c2c1. The standard InChI is InChI=1S/C66H48N4/c1-41-28-37-60-63(62(41)48-19-7-6-17-44(48)31-29-42-30-36-56-54(38-42)49-20-8-12-24-55(49)66(56,2)3)53-23-11-15-27-59(53)69(60)47-34-35-51-50-21-10-14-26-58(50)70(61(51)40-47)65-67-57-25-13-9-22-52(57)64(68-65)46-33-32-43-16-4-5-18-45(43)39-46/h4-28,30,32-40H,29,31H2,1-3H3. The molecule has 0 amide bonds. The van der Waals surface area contributed by atoms with Gasteiger partial charge < -0.3 is 4.57 Å². The zero-order valence-corrected chi connectivity index (χ0v) is 39.4. The average molecular weight is 897 g/mol. The molecule has 0 saturated carbocycles. The number of aryl methyl sites for hydroxylation is 3. The highest BCUT2D eigenvalue weighted by atomic mass is 15.2. The van der Waals surface area contributed by atoms with Crippen LogP contribution in [0.5, 0.6) is 0 Å². The van der Waals surface area contributed by atoms with Gasteiger partial charge in [-0.1, -0.05) is 184 Å². The molecule has 1 aliphatic carbocycles. The van der Waals surface area contributed by atoms with Gasteiger partial charge in [0, 0.05) is 43.6 Å². The molecule has 1 aliphatic rings. The Hall–Kier alpha value is -8.60. The van der Waals surface area contributed by atoms with E-state index in [0.717, 1.165) is 57.1 Å². The minimum absolute atomic E-state index is 0.00518. The number of hydrogen-bond acceptors (Lipinski definition) is 2. The van der Waals surface area contributed by atoms with Crippen LogP contribution in [0.1, 0.15) is 41.7 Å². The fraction of sp³-hybridized carbons (Fsp3) is 0.0909. The molecule has 3 aromatic heterocycles. The summed E-state index contributed by atoms with van der Waals surface area (Å²) in [5.74, 6) is 0.649. The predicted molar refractivity (Wildman–Crippen MR) is 293 cm³/mol. The molecular weight excluding hydrogens is 849 g/mol. The van der Waals surface area contributed by atoms with Crippen molar-refractivity contribution >= 4 is 65.3 Å². The second kappa shape index (κ2) is 15.5. The summed E-state index contributed by atoms with van der Waals surface area (Å²) in [4.78, 5) is 10.8. The molecule has 332 valence electrons. The minimum atomic E-state index is 0.00518. The van der Waals surface area contributed by atoms with Crippen molar-refractivity contribution in [3.05, 3.63) is 240 Å². The highest BCUT2D eigenvalue weighted by Gasteiger charge is 2.35. The molecule has 0 aliphatic heterocycles. The first-order valence-corrected chi connectivity index (χ1v) is 24.5. The number of nitrogens with zero attached hydrogens (tertiary/aromatic N) is 4. The van der Waals surface area contributed by atoms with Gasteiger partial charge in [0.15, 0.2) is 0 Å². The zero-order chi connectivity index (χ0) is 46.7. The fourth-order valence-corrected chi connectivity index (χ4v) is 12.0. The van der Waals surface area contributed by atoms with Crippen LogP contribution in [0.25, 0.3) is 110 Å². The molecule has 10 aromatic carbocycles. The maximum Gasteiger partial charge on any atom is 0.235 e. The predicted octanol–water partition coefficient (Wildman–Crippen LogP) is 16.7. The maximum atomic E-state index is 5.49. The number of benzene rings is 10. The normalized spacial score (nSPS) is 13.0. The molecule has 0 saturated heterocycles. The van der Waals surface area contributed by atoms with Crippen LogP contribution in [0.15, 0.2) is 212 Å². The Bertz CT molecular complexity index is 4300. The van der Waals surface area contributed by atoms with Crippen LogP contribution in [0.4, 0.5) is 0 Å². The van der Waals surface area contributed by atoms with Crippen molar-refractivity contribution in [1.29, 1.82) is 0 Å². The Kier molecular flexibility index (Phi) is 8.94. The summed E-state index contributed by atoms with van der Waals surface area (Å²) in [6.07, 6.45) is 1.90. The molecule has 0 bridgehead atoms. The first kappa shape index (κ1) is 40.5. The third-order valence-electron chi connectivity index (χ3n) is 15.4. The van der Waals surface area contributed by atoms with Crippen molar-refractivity contribution in [2.24, 2.45) is 0 Å². The molecule has 3 heterocycles. The average Bonchev–Trinajstić information content (AvgIpc) is 4.00. The molecule has 0 atom stereocenters. The molecule has 0 unspecified atom stereocenters. The van der Waals surface area contributed by atoms with Gasteiger partial charge in [-0.15, -0.1) is 0 Å². The molecular formula is C66H48N4. The summed E-state index contributed by atoms with van der Waals surface area (Å²) in [7, 11) is 0. The lowest BCUT2D eigenvalue weighted by Gasteiger charge is -2.21. The third-order valence-corrected chi connectivity index (χ3v) is 15.4. The van der Waals surface area contributed by atoms with Crippen molar-refractivity contribution in [2.75, 3.05) is 0 Å². The fourth-order valence-electron chi connectivity index (χ4n) is 12.0. The van der Waals surface area contributed by atoms with E-state index in [4.69, 9.17) is 9.97 Å². The van der Waals surface area contributed by atoms with Crippen LogP contribution >= 0.6 is 0 Å². The van der Waals surface area contributed by atoms with Gasteiger partial charge in [0.25, 0.3) is 0 Å². The number of aromatic nitrogens is 4. The van der Waals surface area contributed by atoms with E-state index in [2.05, 4.69) is 242 Å². The van der Waals surface area contributed by atoms with Gasteiger partial charge in [-0.05, 0) is 123 Å². The van der Waals surface area contributed by atoms with Gasteiger partial charge in [0.05, 0.1) is 33.3 Å². The quantitative estimate of drug-likeness (QED) is 0.160. The van der Waals surface area contributed by atoms with Gasteiger partial charge in [-0.2, -0.15) is 0 Å². The summed E-state index contributed by atoms with van der Waals surface area (Å²) in [6, 6.07) is 77.9. The molecule has 0 N–H and O–H groups in total. The minimum Gasteiger partial charge on any atom is -0.309 e. The molecule has 14 rings (SSSR count). The Morgan fingerprint density at radius 3 is 2.00 bits per heavy atom. The van der Waals surface area contributed by atoms with Gasteiger partial charge in [0.2, 0.25) is 5.95 Å². The lowest BCUT2D eigenvalue weighted by molar-refractivity contribution is 0.660. The molecule has 13 aromatic rings. The topological polar surface area (TPSA) is 35.6 Å².